The molecule has 3 heterocycles. The first-order valence-corrected chi connectivity index (χ1v) is 9.72. The van der Waals surface area contributed by atoms with E-state index < -0.39 is 15.8 Å². The van der Waals surface area contributed by atoms with Crippen molar-refractivity contribution in [2.75, 3.05) is 31.1 Å². The summed E-state index contributed by atoms with van der Waals surface area (Å²) in [6.07, 6.45) is 0. The van der Waals surface area contributed by atoms with E-state index in [0.29, 0.717) is 18.9 Å². The molecule has 1 aliphatic rings. The zero-order valence-corrected chi connectivity index (χ0v) is 13.8. The van der Waals surface area contributed by atoms with Crippen LogP contribution in [-0.2, 0) is 26.0 Å². The molecule has 0 amide bonds. The van der Waals surface area contributed by atoms with Crippen LogP contribution in [0.3, 0.4) is 0 Å². The molecular formula is C13H15N3O5S2. The Kier molecular flexibility index (Phi) is 4.74. The fourth-order valence-electron chi connectivity index (χ4n) is 2.10. The molecule has 23 heavy (non-hydrogen) atoms. The van der Waals surface area contributed by atoms with Gasteiger partial charge in [0.15, 0.2) is 16.4 Å². The molecule has 0 bridgehead atoms. The summed E-state index contributed by atoms with van der Waals surface area (Å²) in [5.74, 6) is 0.390. The molecule has 0 unspecified atom stereocenters. The monoisotopic (exact) mass is 357 g/mol. The number of nitrogens with zero attached hydrogens (tertiary/aromatic N) is 3. The Hall–Kier alpha value is -1.78. The molecular weight excluding hydrogens is 342 g/mol. The maximum atomic E-state index is 11.8. The summed E-state index contributed by atoms with van der Waals surface area (Å²) >= 11 is 1.53. The molecule has 124 valence electrons. The Balaban J connectivity index is 1.46. The van der Waals surface area contributed by atoms with Crippen molar-refractivity contribution >= 4 is 27.1 Å². The quantitative estimate of drug-likeness (QED) is 0.716. The number of rotatable bonds is 5. The zero-order valence-electron chi connectivity index (χ0n) is 12.2. The molecule has 0 atom stereocenters. The molecule has 2 aromatic rings. The number of sulfone groups is 1. The molecule has 2 aromatic heterocycles. The van der Waals surface area contributed by atoms with Gasteiger partial charge in [-0.25, -0.2) is 8.42 Å². The Bertz CT molecular complexity index is 755. The van der Waals surface area contributed by atoms with E-state index in [1.54, 1.807) is 4.90 Å². The van der Waals surface area contributed by atoms with Crippen molar-refractivity contribution in [1.29, 1.82) is 0 Å². The van der Waals surface area contributed by atoms with Crippen LogP contribution in [0.4, 0.5) is 0 Å². The van der Waals surface area contributed by atoms with Gasteiger partial charge in [0, 0.05) is 24.0 Å². The molecule has 8 nitrogen and oxygen atoms in total. The Morgan fingerprint density at radius 3 is 2.87 bits per heavy atom. The lowest BCUT2D eigenvalue weighted by Crippen LogP contribution is -2.43. The summed E-state index contributed by atoms with van der Waals surface area (Å²) in [7, 11) is -2.95. The maximum Gasteiger partial charge on any atom is 0.320 e. The van der Waals surface area contributed by atoms with E-state index in [-0.39, 0.29) is 30.5 Å². The fourth-order valence-corrected chi connectivity index (χ4v) is 4.01. The van der Waals surface area contributed by atoms with Crippen LogP contribution in [0.1, 0.15) is 5.89 Å². The number of ether oxygens (including phenoxy) is 1. The van der Waals surface area contributed by atoms with E-state index in [1.165, 1.54) is 11.3 Å². The van der Waals surface area contributed by atoms with E-state index >= 15 is 0 Å². The molecule has 0 radical (unpaired) electrons. The van der Waals surface area contributed by atoms with Crippen molar-refractivity contribution in [2.45, 2.75) is 6.61 Å². The SMILES string of the molecule is O=C(CN1CCS(=O)(=O)CC1)OCc1nc(-c2ccsc2)no1. The van der Waals surface area contributed by atoms with Crippen molar-refractivity contribution in [3.8, 4) is 11.4 Å². The third-order valence-corrected chi connectivity index (χ3v) is 5.69. The Labute approximate surface area is 137 Å². The number of carbonyl (C=O) groups is 1. The number of esters is 1. The van der Waals surface area contributed by atoms with Crippen LogP contribution in [0.2, 0.25) is 0 Å². The minimum Gasteiger partial charge on any atom is -0.455 e. The van der Waals surface area contributed by atoms with Crippen molar-refractivity contribution in [3.05, 3.63) is 22.7 Å². The molecule has 0 N–H and O–H groups in total. The van der Waals surface area contributed by atoms with E-state index in [4.69, 9.17) is 9.26 Å². The highest BCUT2D eigenvalue weighted by Crippen LogP contribution is 2.18. The maximum absolute atomic E-state index is 11.8. The zero-order chi connectivity index (χ0) is 16.3. The lowest BCUT2D eigenvalue weighted by atomic mass is 10.3. The molecule has 10 heteroatoms. The van der Waals surface area contributed by atoms with Gasteiger partial charge in [0.05, 0.1) is 18.1 Å². The van der Waals surface area contributed by atoms with Gasteiger partial charge in [-0.15, -0.1) is 0 Å². The highest BCUT2D eigenvalue weighted by Gasteiger charge is 2.23. The van der Waals surface area contributed by atoms with Crippen LogP contribution in [0, 0.1) is 0 Å². The standard InChI is InChI=1S/C13H15N3O5S2/c17-12(7-16-2-5-23(18,19)6-3-16)20-8-11-14-13(15-21-11)10-1-4-22-9-10/h1,4,9H,2-3,5-8H2. The average Bonchev–Trinajstić information content (AvgIpc) is 3.18. The minimum absolute atomic E-state index is 0.0566. The summed E-state index contributed by atoms with van der Waals surface area (Å²) in [4.78, 5) is 17.7. The number of thiophene rings is 1. The van der Waals surface area contributed by atoms with Crippen LogP contribution in [0.15, 0.2) is 21.3 Å². The van der Waals surface area contributed by atoms with Gasteiger partial charge in [0.1, 0.15) is 0 Å². The van der Waals surface area contributed by atoms with Gasteiger partial charge in [-0.1, -0.05) is 5.16 Å². The molecule has 0 saturated carbocycles. The summed E-state index contributed by atoms with van der Waals surface area (Å²) in [6, 6.07) is 1.87. The number of carbonyl (C=O) groups excluding carboxylic acids is 1. The second kappa shape index (κ2) is 6.77. The van der Waals surface area contributed by atoms with E-state index in [2.05, 4.69) is 10.1 Å². The van der Waals surface area contributed by atoms with Crippen molar-refractivity contribution < 1.29 is 22.5 Å². The lowest BCUT2D eigenvalue weighted by molar-refractivity contribution is -0.147. The van der Waals surface area contributed by atoms with E-state index in [1.807, 2.05) is 16.8 Å². The Morgan fingerprint density at radius 2 is 2.17 bits per heavy atom. The average molecular weight is 357 g/mol. The predicted octanol–water partition coefficient (Wildman–Crippen LogP) is 0.572. The molecule has 3 rings (SSSR count). The smallest absolute Gasteiger partial charge is 0.320 e. The molecule has 0 aromatic carbocycles. The van der Waals surface area contributed by atoms with Crippen molar-refractivity contribution in [3.63, 3.8) is 0 Å². The summed E-state index contributed by atoms with van der Waals surface area (Å²) < 4.78 is 32.8. The predicted molar refractivity (Wildman–Crippen MR) is 82.5 cm³/mol. The summed E-state index contributed by atoms with van der Waals surface area (Å²) in [5.41, 5.74) is 0.853. The van der Waals surface area contributed by atoms with Gasteiger partial charge in [-0.05, 0) is 11.4 Å². The topological polar surface area (TPSA) is 103 Å². The fraction of sp³-hybridized carbons (Fsp3) is 0.462. The van der Waals surface area contributed by atoms with Crippen molar-refractivity contribution in [2.24, 2.45) is 0 Å². The molecule has 1 saturated heterocycles. The first-order chi connectivity index (χ1) is 11.0. The summed E-state index contributed by atoms with van der Waals surface area (Å²) in [6.45, 7) is 0.656. The first-order valence-electron chi connectivity index (χ1n) is 6.95. The number of hydrogen-bond acceptors (Lipinski definition) is 9. The van der Waals surface area contributed by atoms with Crippen molar-refractivity contribution in [1.82, 2.24) is 15.0 Å². The Morgan fingerprint density at radius 1 is 1.39 bits per heavy atom. The first kappa shape index (κ1) is 16.1. The second-order valence-corrected chi connectivity index (χ2v) is 8.20. The van der Waals surface area contributed by atoms with Crippen LogP contribution >= 0.6 is 11.3 Å². The van der Waals surface area contributed by atoms with Crippen LogP contribution in [-0.4, -0.2) is 60.6 Å². The summed E-state index contributed by atoms with van der Waals surface area (Å²) in [5, 5.41) is 7.62. The van der Waals surface area contributed by atoms with Gasteiger partial charge in [0.25, 0.3) is 5.89 Å². The molecule has 0 spiro atoms. The molecule has 1 aliphatic heterocycles. The second-order valence-electron chi connectivity index (χ2n) is 5.11. The van der Waals surface area contributed by atoms with Gasteiger partial charge in [0.2, 0.25) is 5.82 Å². The van der Waals surface area contributed by atoms with Gasteiger partial charge in [-0.2, -0.15) is 16.3 Å². The van der Waals surface area contributed by atoms with Crippen LogP contribution < -0.4 is 0 Å². The highest BCUT2D eigenvalue weighted by molar-refractivity contribution is 7.91. The van der Waals surface area contributed by atoms with Crippen LogP contribution in [0.5, 0.6) is 0 Å². The third-order valence-electron chi connectivity index (χ3n) is 3.39. The minimum atomic E-state index is -2.95. The van der Waals surface area contributed by atoms with Gasteiger partial charge < -0.3 is 9.26 Å². The van der Waals surface area contributed by atoms with Gasteiger partial charge in [-0.3, -0.25) is 9.69 Å². The van der Waals surface area contributed by atoms with E-state index in [0.717, 1.165) is 5.56 Å². The van der Waals surface area contributed by atoms with E-state index in [9.17, 15) is 13.2 Å². The molecule has 1 fully saturated rings. The number of aromatic nitrogens is 2. The van der Waals surface area contributed by atoms with Gasteiger partial charge >= 0.3 is 5.97 Å². The largest absolute Gasteiger partial charge is 0.455 e. The number of hydrogen-bond donors (Lipinski definition) is 0. The van der Waals surface area contributed by atoms with Crippen LogP contribution in [0.25, 0.3) is 11.4 Å². The highest BCUT2D eigenvalue weighted by atomic mass is 32.2. The normalized spacial score (nSPS) is 17.9. The lowest BCUT2D eigenvalue weighted by Gasteiger charge is -2.25. The molecule has 0 aliphatic carbocycles. The third kappa shape index (κ3) is 4.36.